The number of halogens is 1. The first-order valence-electron chi connectivity index (χ1n) is 9.42. The van der Waals surface area contributed by atoms with Crippen LogP contribution in [0.3, 0.4) is 0 Å². The molecule has 0 fully saturated rings. The van der Waals surface area contributed by atoms with Crippen LogP contribution in [-0.4, -0.2) is 37.1 Å². The van der Waals surface area contributed by atoms with Crippen molar-refractivity contribution in [2.24, 2.45) is 0 Å². The third-order valence-corrected chi connectivity index (χ3v) is 5.13. The van der Waals surface area contributed by atoms with Crippen LogP contribution in [0.4, 0.5) is 4.39 Å². The highest BCUT2D eigenvalue weighted by Crippen LogP contribution is 2.29. The van der Waals surface area contributed by atoms with E-state index in [0.717, 1.165) is 23.0 Å². The second-order valence-electron chi connectivity index (χ2n) is 7.32. The van der Waals surface area contributed by atoms with Crippen molar-refractivity contribution in [3.8, 4) is 11.5 Å². The van der Waals surface area contributed by atoms with Crippen molar-refractivity contribution in [1.82, 2.24) is 24.6 Å². The Morgan fingerprint density at radius 2 is 1.86 bits per heavy atom. The molecule has 1 aliphatic rings. The lowest BCUT2D eigenvalue weighted by atomic mass is 10.1. The topological polar surface area (TPSA) is 63.9 Å². The fourth-order valence-corrected chi connectivity index (χ4v) is 3.51. The minimum atomic E-state index is -0.358. The molecule has 1 atom stereocenters. The maximum Gasteiger partial charge on any atom is 0.254 e. The van der Waals surface area contributed by atoms with Crippen LogP contribution in [0.15, 0.2) is 42.5 Å². The Morgan fingerprint density at radius 3 is 2.57 bits per heavy atom. The highest BCUT2D eigenvalue weighted by Gasteiger charge is 2.32. The van der Waals surface area contributed by atoms with Gasteiger partial charge in [-0.15, -0.1) is 10.2 Å². The lowest BCUT2D eigenvalue weighted by molar-refractivity contribution is 0.0638. The third-order valence-electron chi connectivity index (χ3n) is 5.13. The lowest BCUT2D eigenvalue weighted by Gasteiger charge is -2.33. The van der Waals surface area contributed by atoms with Crippen LogP contribution in [-0.2, 0) is 6.54 Å². The van der Waals surface area contributed by atoms with Gasteiger partial charge in [0.05, 0.1) is 6.04 Å². The molecule has 6 nitrogen and oxygen atoms in total. The molecule has 0 bridgehead atoms. The van der Waals surface area contributed by atoms with E-state index in [1.54, 1.807) is 4.90 Å². The Morgan fingerprint density at radius 1 is 1.11 bits per heavy atom. The molecule has 1 aromatic carbocycles. The van der Waals surface area contributed by atoms with Crippen molar-refractivity contribution in [3.05, 3.63) is 65.4 Å². The largest absolute Gasteiger partial charge is 0.327 e. The normalized spacial score (nSPS) is 16.3. The molecule has 1 aliphatic heterocycles. The molecule has 0 N–H and O–H groups in total. The number of amides is 1. The van der Waals surface area contributed by atoms with Gasteiger partial charge in [-0.25, -0.2) is 9.37 Å². The van der Waals surface area contributed by atoms with E-state index >= 15 is 0 Å². The molecule has 4 rings (SSSR count). The Kier molecular flexibility index (Phi) is 4.66. The number of hydrogen-bond donors (Lipinski definition) is 0. The van der Waals surface area contributed by atoms with Crippen LogP contribution >= 0.6 is 0 Å². The number of aromatic nitrogens is 4. The summed E-state index contributed by atoms with van der Waals surface area (Å²) < 4.78 is 15.2. The maximum absolute atomic E-state index is 13.2. The zero-order valence-corrected chi connectivity index (χ0v) is 16.1. The molecule has 2 aromatic heterocycles. The molecule has 3 heterocycles. The summed E-state index contributed by atoms with van der Waals surface area (Å²) in [6.45, 7) is 7.25. The molecule has 144 valence electrons. The number of hydrogen-bond acceptors (Lipinski definition) is 4. The molecule has 0 saturated carbocycles. The standard InChI is InChI=1S/C21H22FN5O/c1-13(2)17-5-4-6-18(23-17)20-25-24-19-14(3)26(11-12-27(19)20)21(28)15-7-9-16(22)10-8-15/h4-10,13-14H,11-12H2,1-3H3/t14-/m1/s1. The molecule has 7 heteroatoms. The summed E-state index contributed by atoms with van der Waals surface area (Å²) >= 11 is 0. The molecule has 3 aromatic rings. The van der Waals surface area contributed by atoms with E-state index < -0.39 is 0 Å². The van der Waals surface area contributed by atoms with Crippen LogP contribution in [0.25, 0.3) is 11.5 Å². The number of benzene rings is 1. The lowest BCUT2D eigenvalue weighted by Crippen LogP contribution is -2.41. The van der Waals surface area contributed by atoms with E-state index in [9.17, 15) is 9.18 Å². The molecular weight excluding hydrogens is 357 g/mol. The predicted molar refractivity (Wildman–Crippen MR) is 103 cm³/mol. The van der Waals surface area contributed by atoms with Gasteiger partial charge in [-0.1, -0.05) is 19.9 Å². The molecule has 1 amide bonds. The van der Waals surface area contributed by atoms with Crippen molar-refractivity contribution in [2.45, 2.75) is 39.3 Å². The summed E-state index contributed by atoms with van der Waals surface area (Å²) in [6.07, 6.45) is 0. The summed E-state index contributed by atoms with van der Waals surface area (Å²) in [5, 5.41) is 8.71. The van der Waals surface area contributed by atoms with E-state index in [4.69, 9.17) is 4.98 Å². The van der Waals surface area contributed by atoms with Gasteiger partial charge in [0.25, 0.3) is 5.91 Å². The average molecular weight is 379 g/mol. The molecule has 0 radical (unpaired) electrons. The summed E-state index contributed by atoms with van der Waals surface area (Å²) in [5.41, 5.74) is 2.26. The van der Waals surface area contributed by atoms with E-state index in [0.29, 0.717) is 24.6 Å². The summed E-state index contributed by atoms with van der Waals surface area (Å²) in [4.78, 5) is 19.3. The second kappa shape index (κ2) is 7.14. The Hall–Kier alpha value is -3.09. The summed E-state index contributed by atoms with van der Waals surface area (Å²) in [7, 11) is 0. The van der Waals surface area contributed by atoms with Gasteiger partial charge in [-0.05, 0) is 49.2 Å². The summed E-state index contributed by atoms with van der Waals surface area (Å²) in [6, 6.07) is 11.3. The summed E-state index contributed by atoms with van der Waals surface area (Å²) in [5.74, 6) is 1.28. The van der Waals surface area contributed by atoms with E-state index in [2.05, 4.69) is 24.0 Å². The van der Waals surface area contributed by atoms with Gasteiger partial charge in [-0.2, -0.15) is 0 Å². The number of nitrogens with zero attached hydrogens (tertiary/aromatic N) is 5. The maximum atomic E-state index is 13.2. The van der Waals surface area contributed by atoms with Gasteiger partial charge < -0.3 is 9.47 Å². The zero-order valence-electron chi connectivity index (χ0n) is 16.1. The molecule has 28 heavy (non-hydrogen) atoms. The minimum absolute atomic E-state index is 0.136. The molecular formula is C21H22FN5O. The van der Waals surface area contributed by atoms with Gasteiger partial charge in [0.15, 0.2) is 11.6 Å². The smallest absolute Gasteiger partial charge is 0.254 e. The number of carbonyl (C=O) groups is 1. The molecule has 0 saturated heterocycles. The first kappa shape index (κ1) is 18.3. The van der Waals surface area contributed by atoms with E-state index in [1.807, 2.05) is 29.7 Å². The highest BCUT2D eigenvalue weighted by atomic mass is 19.1. The first-order valence-corrected chi connectivity index (χ1v) is 9.42. The van der Waals surface area contributed by atoms with Crippen LogP contribution in [0.5, 0.6) is 0 Å². The first-order chi connectivity index (χ1) is 13.5. The van der Waals surface area contributed by atoms with Crippen LogP contribution in [0.1, 0.15) is 54.6 Å². The Balaban J connectivity index is 1.63. The van der Waals surface area contributed by atoms with E-state index in [1.165, 1.54) is 24.3 Å². The van der Waals surface area contributed by atoms with Crippen molar-refractivity contribution in [3.63, 3.8) is 0 Å². The predicted octanol–water partition coefficient (Wildman–Crippen LogP) is 3.82. The van der Waals surface area contributed by atoms with Crippen LogP contribution < -0.4 is 0 Å². The van der Waals surface area contributed by atoms with Gasteiger partial charge in [0.2, 0.25) is 0 Å². The average Bonchev–Trinajstić information content (AvgIpc) is 3.13. The zero-order chi connectivity index (χ0) is 19.8. The minimum Gasteiger partial charge on any atom is -0.327 e. The van der Waals surface area contributed by atoms with Gasteiger partial charge in [0.1, 0.15) is 11.5 Å². The van der Waals surface area contributed by atoms with Gasteiger partial charge >= 0.3 is 0 Å². The van der Waals surface area contributed by atoms with Crippen molar-refractivity contribution < 1.29 is 9.18 Å². The fourth-order valence-electron chi connectivity index (χ4n) is 3.51. The quantitative estimate of drug-likeness (QED) is 0.694. The number of pyridine rings is 1. The van der Waals surface area contributed by atoms with Crippen LogP contribution in [0.2, 0.25) is 0 Å². The number of rotatable bonds is 3. The van der Waals surface area contributed by atoms with Crippen molar-refractivity contribution >= 4 is 5.91 Å². The highest BCUT2D eigenvalue weighted by molar-refractivity contribution is 5.94. The number of fused-ring (bicyclic) bond motifs is 1. The molecule has 0 spiro atoms. The van der Waals surface area contributed by atoms with Crippen molar-refractivity contribution in [2.75, 3.05) is 6.54 Å². The molecule has 0 aliphatic carbocycles. The van der Waals surface area contributed by atoms with Crippen LogP contribution in [0, 0.1) is 5.82 Å². The number of carbonyl (C=O) groups excluding carboxylic acids is 1. The second-order valence-corrected chi connectivity index (χ2v) is 7.32. The SMILES string of the molecule is CC(C)c1cccc(-c2nnc3n2CCN(C(=O)c2ccc(F)cc2)[C@@H]3C)n1. The van der Waals surface area contributed by atoms with Gasteiger partial charge in [0, 0.05) is 24.3 Å². The Labute approximate surface area is 163 Å². The Bertz CT molecular complexity index is 1010. The van der Waals surface area contributed by atoms with Crippen molar-refractivity contribution in [1.29, 1.82) is 0 Å². The third kappa shape index (κ3) is 3.17. The monoisotopic (exact) mass is 379 g/mol. The van der Waals surface area contributed by atoms with Gasteiger partial charge in [-0.3, -0.25) is 4.79 Å². The molecule has 0 unspecified atom stereocenters. The van der Waals surface area contributed by atoms with E-state index in [-0.39, 0.29) is 17.8 Å². The fraction of sp³-hybridized carbons (Fsp3) is 0.333.